The van der Waals surface area contributed by atoms with Gasteiger partial charge in [0.15, 0.2) is 11.6 Å². The molecule has 0 unspecified atom stereocenters. The van der Waals surface area contributed by atoms with Gasteiger partial charge in [-0.3, -0.25) is 14.6 Å². The van der Waals surface area contributed by atoms with E-state index in [1.807, 2.05) is 0 Å². The summed E-state index contributed by atoms with van der Waals surface area (Å²) in [5, 5.41) is 22.5. The van der Waals surface area contributed by atoms with E-state index in [4.69, 9.17) is 0 Å². The minimum Gasteiger partial charge on any atom is -0.506 e. The molecule has 0 saturated carbocycles. The number of halogens is 3. The fraction of sp³-hybridized carbons (Fsp3) is 0.0952. The topological polar surface area (TPSA) is 104 Å². The van der Waals surface area contributed by atoms with Crippen molar-refractivity contribution in [2.24, 2.45) is 0 Å². The summed E-state index contributed by atoms with van der Waals surface area (Å²) in [6, 6.07) is 4.43. The van der Waals surface area contributed by atoms with Crippen LogP contribution in [0.1, 0.15) is 11.1 Å². The number of carbonyl (C=O) groups excluding carboxylic acids is 1. The second-order valence-corrected chi connectivity index (χ2v) is 6.79. The molecule has 0 aliphatic carbocycles. The molecular formula is C21H14F3N3O4. The molecule has 0 bridgehead atoms. The van der Waals surface area contributed by atoms with E-state index in [1.165, 1.54) is 22.9 Å². The Labute approximate surface area is 172 Å². The number of carboxylic acid groups (broad SMARTS) is 1. The molecular weight excluding hydrogens is 415 g/mol. The molecule has 3 N–H and O–H groups in total. The lowest BCUT2D eigenvalue weighted by molar-refractivity contribution is -0.136. The molecule has 0 aliphatic rings. The van der Waals surface area contributed by atoms with Crippen molar-refractivity contribution in [1.82, 2.24) is 9.55 Å². The monoisotopic (exact) mass is 429 g/mol. The van der Waals surface area contributed by atoms with E-state index in [0.717, 1.165) is 12.3 Å². The van der Waals surface area contributed by atoms with Crippen molar-refractivity contribution in [2.45, 2.75) is 13.0 Å². The van der Waals surface area contributed by atoms with Crippen molar-refractivity contribution in [3.05, 3.63) is 65.2 Å². The first-order valence-corrected chi connectivity index (χ1v) is 8.98. The van der Waals surface area contributed by atoms with E-state index in [-0.39, 0.29) is 33.3 Å². The zero-order chi connectivity index (χ0) is 22.3. The third kappa shape index (κ3) is 3.31. The Bertz CT molecular complexity index is 1370. The van der Waals surface area contributed by atoms with E-state index >= 15 is 0 Å². The zero-order valence-electron chi connectivity index (χ0n) is 15.7. The molecule has 0 spiro atoms. The van der Waals surface area contributed by atoms with Crippen LogP contribution < -0.4 is 5.32 Å². The van der Waals surface area contributed by atoms with Crippen molar-refractivity contribution >= 4 is 39.9 Å². The van der Waals surface area contributed by atoms with Crippen LogP contribution in [0.15, 0.2) is 36.7 Å². The van der Waals surface area contributed by atoms with Gasteiger partial charge in [-0.25, -0.2) is 13.2 Å². The van der Waals surface area contributed by atoms with Crippen LogP contribution in [0.4, 0.5) is 18.9 Å². The highest BCUT2D eigenvalue weighted by molar-refractivity contribution is 6.18. The molecule has 31 heavy (non-hydrogen) atoms. The zero-order valence-corrected chi connectivity index (χ0v) is 15.7. The number of carbonyl (C=O) groups is 2. The maximum Gasteiger partial charge on any atom is 0.307 e. The maximum absolute atomic E-state index is 14.3. The number of aliphatic carboxylic acids is 1. The van der Waals surface area contributed by atoms with Crippen molar-refractivity contribution in [3.8, 4) is 5.75 Å². The molecule has 7 nitrogen and oxygen atoms in total. The Morgan fingerprint density at radius 3 is 2.52 bits per heavy atom. The van der Waals surface area contributed by atoms with E-state index < -0.39 is 41.9 Å². The van der Waals surface area contributed by atoms with Crippen LogP contribution in [0.25, 0.3) is 21.8 Å². The van der Waals surface area contributed by atoms with Gasteiger partial charge in [0.25, 0.3) is 0 Å². The van der Waals surface area contributed by atoms with E-state index in [2.05, 4.69) is 10.3 Å². The predicted molar refractivity (Wildman–Crippen MR) is 105 cm³/mol. The smallest absolute Gasteiger partial charge is 0.307 e. The second kappa shape index (κ2) is 7.63. The highest BCUT2D eigenvalue weighted by Crippen LogP contribution is 2.40. The largest absolute Gasteiger partial charge is 0.506 e. The number of rotatable bonds is 6. The summed E-state index contributed by atoms with van der Waals surface area (Å²) in [7, 11) is 0. The lowest BCUT2D eigenvalue weighted by atomic mass is 10.0. The van der Waals surface area contributed by atoms with Crippen LogP contribution in [-0.4, -0.2) is 32.1 Å². The van der Waals surface area contributed by atoms with Crippen molar-refractivity contribution < 1.29 is 33.0 Å². The van der Waals surface area contributed by atoms with Gasteiger partial charge in [-0.1, -0.05) is 6.07 Å². The maximum atomic E-state index is 14.3. The fourth-order valence-electron chi connectivity index (χ4n) is 3.72. The molecule has 2 aromatic carbocycles. The third-order valence-electron chi connectivity index (χ3n) is 5.01. The average molecular weight is 429 g/mol. The van der Waals surface area contributed by atoms with Crippen LogP contribution >= 0.6 is 0 Å². The van der Waals surface area contributed by atoms with Crippen molar-refractivity contribution in [2.75, 3.05) is 5.32 Å². The molecule has 0 aliphatic heterocycles. The SMILES string of the molecule is O=CNc1c(CC(=O)O)ccc2c1c1c(O)cncc1n2Cc1c(F)ccc(F)c1F. The Morgan fingerprint density at radius 2 is 1.81 bits per heavy atom. The van der Waals surface area contributed by atoms with E-state index in [9.17, 15) is 33.0 Å². The summed E-state index contributed by atoms with van der Waals surface area (Å²) >= 11 is 0. The van der Waals surface area contributed by atoms with E-state index in [0.29, 0.717) is 18.0 Å². The first-order valence-electron chi connectivity index (χ1n) is 8.98. The Morgan fingerprint density at radius 1 is 1.06 bits per heavy atom. The quantitative estimate of drug-likeness (QED) is 0.321. The molecule has 0 atom stereocenters. The lowest BCUT2D eigenvalue weighted by Gasteiger charge is -2.12. The average Bonchev–Trinajstić information content (AvgIpc) is 3.04. The van der Waals surface area contributed by atoms with Crippen molar-refractivity contribution in [3.63, 3.8) is 0 Å². The number of hydrogen-bond acceptors (Lipinski definition) is 4. The number of nitrogens with one attached hydrogen (secondary N) is 1. The highest BCUT2D eigenvalue weighted by atomic mass is 19.2. The second-order valence-electron chi connectivity index (χ2n) is 6.79. The summed E-state index contributed by atoms with van der Waals surface area (Å²) in [6.45, 7) is -0.445. The van der Waals surface area contributed by atoms with Gasteiger partial charge in [-0.05, 0) is 23.8 Å². The number of amides is 1. The number of aromatic nitrogens is 2. The summed E-state index contributed by atoms with van der Waals surface area (Å²) in [5.41, 5.74) is 0.409. The molecule has 4 aromatic rings. The molecule has 0 fully saturated rings. The number of hydrogen-bond donors (Lipinski definition) is 3. The number of nitrogens with zero attached hydrogens (tertiary/aromatic N) is 2. The Hall–Kier alpha value is -4.08. The number of benzene rings is 2. The van der Waals surface area contributed by atoms with Gasteiger partial charge in [-0.15, -0.1) is 0 Å². The molecule has 2 aromatic heterocycles. The lowest BCUT2D eigenvalue weighted by Crippen LogP contribution is -2.08. The summed E-state index contributed by atoms with van der Waals surface area (Å²) in [4.78, 5) is 26.4. The molecule has 0 saturated heterocycles. The summed E-state index contributed by atoms with van der Waals surface area (Å²) in [5.74, 6) is -4.97. The summed E-state index contributed by atoms with van der Waals surface area (Å²) in [6.07, 6.45) is 2.42. The number of fused-ring (bicyclic) bond motifs is 3. The molecule has 2 heterocycles. The normalized spacial score (nSPS) is 11.2. The van der Waals surface area contributed by atoms with Crippen LogP contribution in [0.5, 0.6) is 5.75 Å². The number of aromatic hydroxyl groups is 1. The van der Waals surface area contributed by atoms with Gasteiger partial charge in [0.05, 0.1) is 47.5 Å². The van der Waals surface area contributed by atoms with Gasteiger partial charge in [-0.2, -0.15) is 0 Å². The van der Waals surface area contributed by atoms with Gasteiger partial charge in [0.2, 0.25) is 6.41 Å². The van der Waals surface area contributed by atoms with Crippen LogP contribution in [0.2, 0.25) is 0 Å². The molecule has 1 amide bonds. The highest BCUT2D eigenvalue weighted by Gasteiger charge is 2.23. The standard InChI is InChI=1S/C21H14F3N3O4/c22-12-2-3-13(23)20(24)11(12)8-27-14-4-1-10(5-17(30)31)21(26-9-28)19(14)18-15(27)6-25-7-16(18)29/h1-4,6-7,9,29H,5,8H2,(H,26,28)(H,30,31). The molecule has 10 heteroatoms. The third-order valence-corrected chi connectivity index (χ3v) is 5.01. The van der Waals surface area contributed by atoms with Gasteiger partial charge >= 0.3 is 5.97 Å². The van der Waals surface area contributed by atoms with E-state index in [1.54, 1.807) is 0 Å². The Balaban J connectivity index is 2.08. The number of anilines is 1. The summed E-state index contributed by atoms with van der Waals surface area (Å²) < 4.78 is 43.7. The first kappa shape index (κ1) is 20.2. The molecule has 0 radical (unpaired) electrons. The van der Waals surface area contributed by atoms with Gasteiger partial charge < -0.3 is 20.1 Å². The molecule has 158 valence electrons. The number of pyridine rings is 1. The van der Waals surface area contributed by atoms with Crippen LogP contribution in [0.3, 0.4) is 0 Å². The van der Waals surface area contributed by atoms with Crippen molar-refractivity contribution in [1.29, 1.82) is 0 Å². The first-order chi connectivity index (χ1) is 14.8. The van der Waals surface area contributed by atoms with Crippen LogP contribution in [-0.2, 0) is 22.6 Å². The van der Waals surface area contributed by atoms with Gasteiger partial charge in [0.1, 0.15) is 11.6 Å². The minimum atomic E-state index is -1.35. The predicted octanol–water partition coefficient (Wildman–Crippen LogP) is 3.56. The minimum absolute atomic E-state index is 0.125. The van der Waals surface area contributed by atoms with Crippen LogP contribution in [0, 0.1) is 17.5 Å². The Kier molecular flexibility index (Phi) is 4.97. The molecule has 4 rings (SSSR count). The fourth-order valence-corrected chi connectivity index (χ4v) is 3.72. The van der Waals surface area contributed by atoms with Gasteiger partial charge in [0, 0.05) is 10.9 Å². The number of carboxylic acids is 1.